The zero-order valence-corrected chi connectivity index (χ0v) is 17.2. The number of ether oxygens (including phenoxy) is 2. The van der Waals surface area contributed by atoms with E-state index in [-0.39, 0.29) is 11.9 Å². The van der Waals surface area contributed by atoms with Crippen LogP contribution in [-0.4, -0.2) is 23.7 Å². The van der Waals surface area contributed by atoms with Gasteiger partial charge in [-0.05, 0) is 34.7 Å². The molecular formula is C23H22N2O3S. The van der Waals surface area contributed by atoms with Gasteiger partial charge in [0, 0.05) is 13.3 Å². The molecule has 0 saturated heterocycles. The lowest BCUT2D eigenvalue weighted by molar-refractivity contribution is -0.130. The van der Waals surface area contributed by atoms with Crippen LogP contribution in [0.25, 0.3) is 0 Å². The molecular weight excluding hydrogens is 384 g/mol. The predicted molar refractivity (Wildman–Crippen MR) is 115 cm³/mol. The Kier molecular flexibility index (Phi) is 5.62. The van der Waals surface area contributed by atoms with E-state index in [1.807, 2.05) is 66.0 Å². The van der Waals surface area contributed by atoms with Gasteiger partial charge in [-0.3, -0.25) is 4.79 Å². The van der Waals surface area contributed by atoms with Gasteiger partial charge in [-0.1, -0.05) is 42.5 Å². The fraction of sp³-hybridized carbons (Fsp3) is 0.217. The summed E-state index contributed by atoms with van der Waals surface area (Å²) in [6.45, 7) is 2.01. The SMILES string of the molecule is COc1cc(C2CC(c3cccs3)=NN2C(C)=O)ccc1OCc1ccccc1. The number of rotatable bonds is 6. The Morgan fingerprint density at radius 1 is 1.14 bits per heavy atom. The van der Waals surface area contributed by atoms with Crippen LogP contribution in [0.15, 0.2) is 71.1 Å². The topological polar surface area (TPSA) is 51.1 Å². The van der Waals surface area contributed by atoms with Gasteiger partial charge in [-0.25, -0.2) is 5.01 Å². The average Bonchev–Trinajstić information content (AvgIpc) is 3.42. The van der Waals surface area contributed by atoms with E-state index in [1.165, 1.54) is 0 Å². The number of carbonyl (C=O) groups is 1. The lowest BCUT2D eigenvalue weighted by Crippen LogP contribution is -2.24. The maximum absolute atomic E-state index is 12.2. The van der Waals surface area contributed by atoms with Gasteiger partial charge in [0.15, 0.2) is 11.5 Å². The molecule has 148 valence electrons. The number of methoxy groups -OCH3 is 1. The molecule has 5 nitrogen and oxygen atoms in total. The minimum absolute atomic E-state index is 0.0788. The molecule has 0 radical (unpaired) electrons. The van der Waals surface area contributed by atoms with Gasteiger partial charge in [0.25, 0.3) is 0 Å². The number of hydrogen-bond donors (Lipinski definition) is 0. The summed E-state index contributed by atoms with van der Waals surface area (Å²) in [5.74, 6) is 1.24. The normalized spacial score (nSPS) is 15.9. The zero-order chi connectivity index (χ0) is 20.2. The first-order valence-electron chi connectivity index (χ1n) is 9.41. The van der Waals surface area contributed by atoms with E-state index in [0.717, 1.165) is 21.7 Å². The van der Waals surface area contributed by atoms with Crippen molar-refractivity contribution in [3.8, 4) is 11.5 Å². The molecule has 0 saturated carbocycles. The molecule has 1 unspecified atom stereocenters. The van der Waals surface area contributed by atoms with Crippen LogP contribution in [0.4, 0.5) is 0 Å². The van der Waals surface area contributed by atoms with Crippen LogP contribution in [0.5, 0.6) is 11.5 Å². The van der Waals surface area contributed by atoms with Crippen molar-refractivity contribution in [2.75, 3.05) is 7.11 Å². The molecule has 4 rings (SSSR count). The maximum Gasteiger partial charge on any atom is 0.240 e. The first kappa shape index (κ1) is 19.2. The molecule has 0 fully saturated rings. The highest BCUT2D eigenvalue weighted by Gasteiger charge is 2.32. The van der Waals surface area contributed by atoms with Crippen molar-refractivity contribution in [2.24, 2.45) is 5.10 Å². The fourth-order valence-electron chi connectivity index (χ4n) is 3.40. The molecule has 1 amide bonds. The van der Waals surface area contributed by atoms with Crippen molar-refractivity contribution < 1.29 is 14.3 Å². The van der Waals surface area contributed by atoms with E-state index in [9.17, 15) is 4.79 Å². The van der Waals surface area contributed by atoms with Gasteiger partial charge in [-0.15, -0.1) is 11.3 Å². The Balaban J connectivity index is 1.56. The molecule has 29 heavy (non-hydrogen) atoms. The van der Waals surface area contributed by atoms with Crippen LogP contribution in [0.1, 0.15) is 35.4 Å². The molecule has 2 heterocycles. The van der Waals surface area contributed by atoms with Gasteiger partial charge in [-0.2, -0.15) is 5.10 Å². The maximum atomic E-state index is 12.2. The van der Waals surface area contributed by atoms with Gasteiger partial charge in [0.2, 0.25) is 5.91 Å². The molecule has 1 atom stereocenters. The van der Waals surface area contributed by atoms with Crippen molar-refractivity contribution in [2.45, 2.75) is 26.0 Å². The molecule has 6 heteroatoms. The quantitative estimate of drug-likeness (QED) is 0.577. The molecule has 0 bridgehead atoms. The Morgan fingerprint density at radius 2 is 1.97 bits per heavy atom. The number of carbonyl (C=O) groups excluding carboxylic acids is 1. The van der Waals surface area contributed by atoms with Crippen molar-refractivity contribution in [3.63, 3.8) is 0 Å². The summed E-state index contributed by atoms with van der Waals surface area (Å²) in [6, 6.07) is 19.7. The number of benzene rings is 2. The van der Waals surface area contributed by atoms with Crippen molar-refractivity contribution >= 4 is 23.0 Å². The van der Waals surface area contributed by atoms with Gasteiger partial charge >= 0.3 is 0 Å². The summed E-state index contributed by atoms with van der Waals surface area (Å²) >= 11 is 1.63. The molecule has 2 aromatic carbocycles. The predicted octanol–water partition coefficient (Wildman–Crippen LogP) is 5.03. The van der Waals surface area contributed by atoms with Crippen molar-refractivity contribution in [1.29, 1.82) is 0 Å². The van der Waals surface area contributed by atoms with E-state index >= 15 is 0 Å². The van der Waals surface area contributed by atoms with Crippen LogP contribution >= 0.6 is 11.3 Å². The summed E-state index contributed by atoms with van der Waals surface area (Å²) in [7, 11) is 1.62. The van der Waals surface area contributed by atoms with Crippen molar-refractivity contribution in [3.05, 3.63) is 82.0 Å². The van der Waals surface area contributed by atoms with E-state index in [0.29, 0.717) is 24.5 Å². The number of hydrogen-bond acceptors (Lipinski definition) is 5. The minimum atomic E-state index is -0.151. The van der Waals surface area contributed by atoms with Gasteiger partial charge in [0.1, 0.15) is 6.61 Å². The van der Waals surface area contributed by atoms with E-state index in [4.69, 9.17) is 9.47 Å². The van der Waals surface area contributed by atoms with Crippen LogP contribution in [0.2, 0.25) is 0 Å². The van der Waals surface area contributed by atoms with Crippen LogP contribution < -0.4 is 9.47 Å². The number of thiophene rings is 1. The molecule has 1 aromatic heterocycles. The Bertz CT molecular complexity index is 1020. The van der Waals surface area contributed by atoms with E-state index in [2.05, 4.69) is 5.10 Å². The number of nitrogens with zero attached hydrogens (tertiary/aromatic N) is 2. The second-order valence-electron chi connectivity index (χ2n) is 6.79. The fourth-order valence-corrected chi connectivity index (χ4v) is 4.12. The third-order valence-electron chi connectivity index (χ3n) is 4.85. The Morgan fingerprint density at radius 3 is 2.66 bits per heavy atom. The van der Waals surface area contributed by atoms with Crippen LogP contribution in [0, 0.1) is 0 Å². The first-order valence-corrected chi connectivity index (χ1v) is 10.3. The summed E-state index contributed by atoms with van der Waals surface area (Å²) in [5, 5.41) is 8.16. The summed E-state index contributed by atoms with van der Waals surface area (Å²) in [5.41, 5.74) is 2.99. The highest BCUT2D eigenvalue weighted by molar-refractivity contribution is 7.12. The average molecular weight is 407 g/mol. The van der Waals surface area contributed by atoms with Crippen LogP contribution in [-0.2, 0) is 11.4 Å². The minimum Gasteiger partial charge on any atom is -0.493 e. The molecule has 1 aliphatic heterocycles. The Labute approximate surface area is 174 Å². The van der Waals surface area contributed by atoms with Gasteiger partial charge < -0.3 is 9.47 Å². The molecule has 0 N–H and O–H groups in total. The summed E-state index contributed by atoms with van der Waals surface area (Å²) in [4.78, 5) is 13.3. The summed E-state index contributed by atoms with van der Waals surface area (Å²) in [6.07, 6.45) is 0.674. The lowest BCUT2D eigenvalue weighted by atomic mass is 10.0. The highest BCUT2D eigenvalue weighted by atomic mass is 32.1. The van der Waals surface area contributed by atoms with Crippen molar-refractivity contribution in [1.82, 2.24) is 5.01 Å². The molecule has 3 aromatic rings. The second kappa shape index (κ2) is 8.49. The lowest BCUT2D eigenvalue weighted by Gasteiger charge is -2.21. The van der Waals surface area contributed by atoms with E-state index in [1.54, 1.807) is 30.4 Å². The third-order valence-corrected chi connectivity index (χ3v) is 5.77. The first-order chi connectivity index (χ1) is 14.2. The van der Waals surface area contributed by atoms with Gasteiger partial charge in [0.05, 0.1) is 23.7 Å². The Hall–Kier alpha value is -3.12. The largest absolute Gasteiger partial charge is 0.493 e. The second-order valence-corrected chi connectivity index (χ2v) is 7.74. The monoisotopic (exact) mass is 406 g/mol. The number of hydrazone groups is 1. The standard InChI is InChI=1S/C23H22N2O3S/c1-16(26)25-20(14-19(24-25)23-9-6-12-29-23)18-10-11-21(22(13-18)27-2)28-15-17-7-4-3-5-8-17/h3-13,20H,14-15H2,1-2H3. The zero-order valence-electron chi connectivity index (χ0n) is 16.4. The molecule has 0 spiro atoms. The smallest absolute Gasteiger partial charge is 0.240 e. The van der Waals surface area contributed by atoms with E-state index < -0.39 is 0 Å². The molecule has 0 aliphatic carbocycles. The molecule has 1 aliphatic rings. The number of amides is 1. The highest BCUT2D eigenvalue weighted by Crippen LogP contribution is 2.38. The third kappa shape index (κ3) is 4.17. The van der Waals surface area contributed by atoms with Crippen LogP contribution in [0.3, 0.4) is 0 Å². The summed E-state index contributed by atoms with van der Waals surface area (Å²) < 4.78 is 11.5.